The molecule has 0 radical (unpaired) electrons. The topological polar surface area (TPSA) is 48.0 Å². The Morgan fingerprint density at radius 1 is 1.00 bits per heavy atom. The lowest BCUT2D eigenvalue weighted by Crippen LogP contribution is -2.30. The van der Waals surface area contributed by atoms with Crippen molar-refractivity contribution in [3.63, 3.8) is 0 Å². The highest BCUT2D eigenvalue weighted by atomic mass is 16.7. The summed E-state index contributed by atoms with van der Waals surface area (Å²) < 4.78 is 16.2. The molecule has 4 rings (SSSR count). The molecule has 2 aliphatic rings. The number of carbonyl (C=O) groups excluding carboxylic acids is 1. The molecule has 0 unspecified atom stereocenters. The molecule has 1 heterocycles. The van der Waals surface area contributed by atoms with Crippen molar-refractivity contribution in [3.05, 3.63) is 53.6 Å². The zero-order valence-corrected chi connectivity index (χ0v) is 17.1. The molecule has 0 spiro atoms. The molecular weight excluding hydrogens is 366 g/mol. The van der Waals surface area contributed by atoms with Gasteiger partial charge in [-0.1, -0.05) is 43.9 Å². The second kappa shape index (κ2) is 9.21. The highest BCUT2D eigenvalue weighted by Crippen LogP contribution is 2.33. The van der Waals surface area contributed by atoms with E-state index in [1.165, 1.54) is 25.7 Å². The minimum atomic E-state index is 0.213. The number of fused-ring (bicyclic) bond motifs is 1. The molecular formula is C24H29NO4. The van der Waals surface area contributed by atoms with Crippen LogP contribution in [-0.2, 0) is 17.9 Å². The van der Waals surface area contributed by atoms with E-state index in [2.05, 4.69) is 0 Å². The van der Waals surface area contributed by atoms with Crippen molar-refractivity contribution in [1.29, 1.82) is 0 Å². The highest BCUT2D eigenvalue weighted by molar-refractivity contribution is 5.76. The van der Waals surface area contributed by atoms with Crippen LogP contribution >= 0.6 is 0 Å². The fourth-order valence-corrected chi connectivity index (χ4v) is 4.23. The van der Waals surface area contributed by atoms with Crippen molar-refractivity contribution in [3.8, 4) is 17.2 Å². The lowest BCUT2D eigenvalue weighted by Gasteiger charge is -2.24. The Morgan fingerprint density at radius 3 is 2.45 bits per heavy atom. The first-order chi connectivity index (χ1) is 14.2. The van der Waals surface area contributed by atoms with Crippen molar-refractivity contribution < 1.29 is 19.0 Å². The Kier molecular flexibility index (Phi) is 6.23. The van der Waals surface area contributed by atoms with Gasteiger partial charge in [0.1, 0.15) is 5.75 Å². The van der Waals surface area contributed by atoms with Crippen molar-refractivity contribution in [2.75, 3.05) is 13.9 Å². The maximum atomic E-state index is 13.1. The van der Waals surface area contributed by atoms with Gasteiger partial charge >= 0.3 is 0 Å². The summed E-state index contributed by atoms with van der Waals surface area (Å²) in [5, 5.41) is 0. The van der Waals surface area contributed by atoms with E-state index in [0.29, 0.717) is 25.4 Å². The van der Waals surface area contributed by atoms with Crippen LogP contribution in [0.15, 0.2) is 42.5 Å². The van der Waals surface area contributed by atoms with E-state index in [1.54, 1.807) is 7.11 Å². The average molecular weight is 395 g/mol. The largest absolute Gasteiger partial charge is 0.497 e. The number of hydrogen-bond donors (Lipinski definition) is 0. The third-order valence-electron chi connectivity index (χ3n) is 5.94. The molecule has 154 valence electrons. The number of nitrogens with zero attached hydrogens (tertiary/aromatic N) is 1. The summed E-state index contributed by atoms with van der Waals surface area (Å²) in [5.74, 6) is 3.27. The van der Waals surface area contributed by atoms with Gasteiger partial charge < -0.3 is 19.1 Å². The monoisotopic (exact) mass is 395 g/mol. The fourth-order valence-electron chi connectivity index (χ4n) is 4.23. The molecule has 5 heteroatoms. The molecule has 5 nitrogen and oxygen atoms in total. The van der Waals surface area contributed by atoms with Crippen molar-refractivity contribution in [1.82, 2.24) is 4.90 Å². The predicted molar refractivity (Wildman–Crippen MR) is 111 cm³/mol. The number of methoxy groups -OCH3 is 1. The Labute approximate surface area is 172 Å². The van der Waals surface area contributed by atoms with E-state index >= 15 is 0 Å². The van der Waals surface area contributed by atoms with Crippen LogP contribution in [0, 0.1) is 5.92 Å². The Balaban J connectivity index is 1.46. The van der Waals surface area contributed by atoms with Crippen LogP contribution in [0.4, 0.5) is 0 Å². The number of hydrogen-bond acceptors (Lipinski definition) is 4. The van der Waals surface area contributed by atoms with Crippen LogP contribution in [0.25, 0.3) is 0 Å². The SMILES string of the molecule is COc1ccc(CN(Cc2ccc3c(c2)OCO3)C(=O)CCC2CCCC2)cc1. The van der Waals surface area contributed by atoms with Crippen molar-refractivity contribution >= 4 is 5.91 Å². The van der Waals surface area contributed by atoms with Crippen LogP contribution in [0.5, 0.6) is 17.2 Å². The molecule has 1 fully saturated rings. The summed E-state index contributed by atoms with van der Waals surface area (Å²) in [7, 11) is 1.66. The van der Waals surface area contributed by atoms with Gasteiger partial charge in [0.15, 0.2) is 11.5 Å². The maximum Gasteiger partial charge on any atom is 0.231 e. The van der Waals surface area contributed by atoms with E-state index in [1.807, 2.05) is 47.4 Å². The molecule has 0 atom stereocenters. The predicted octanol–water partition coefficient (Wildman–Crippen LogP) is 4.92. The second-order valence-electron chi connectivity index (χ2n) is 7.97. The van der Waals surface area contributed by atoms with Crippen LogP contribution in [0.3, 0.4) is 0 Å². The first-order valence-electron chi connectivity index (χ1n) is 10.5. The molecule has 2 aromatic rings. The average Bonchev–Trinajstić information content (AvgIpc) is 3.43. The second-order valence-corrected chi connectivity index (χ2v) is 7.97. The summed E-state index contributed by atoms with van der Waals surface area (Å²) in [4.78, 5) is 15.1. The summed E-state index contributed by atoms with van der Waals surface area (Å²) >= 11 is 0. The van der Waals surface area contributed by atoms with Gasteiger partial charge in [0.2, 0.25) is 12.7 Å². The highest BCUT2D eigenvalue weighted by Gasteiger charge is 2.21. The summed E-state index contributed by atoms with van der Waals surface area (Å²) in [6, 6.07) is 13.8. The van der Waals surface area contributed by atoms with Gasteiger partial charge in [0.05, 0.1) is 7.11 Å². The first kappa shape index (κ1) is 19.6. The van der Waals surface area contributed by atoms with Crippen molar-refractivity contribution in [2.24, 2.45) is 5.92 Å². The smallest absolute Gasteiger partial charge is 0.231 e. The normalized spacial score (nSPS) is 15.5. The lowest BCUT2D eigenvalue weighted by atomic mass is 10.0. The Morgan fingerprint density at radius 2 is 1.69 bits per heavy atom. The molecule has 2 aromatic carbocycles. The zero-order chi connectivity index (χ0) is 20.1. The van der Waals surface area contributed by atoms with Crippen LogP contribution in [0.2, 0.25) is 0 Å². The van der Waals surface area contributed by atoms with E-state index < -0.39 is 0 Å². The third-order valence-corrected chi connectivity index (χ3v) is 5.94. The minimum absolute atomic E-state index is 0.213. The molecule has 0 bridgehead atoms. The fraction of sp³-hybridized carbons (Fsp3) is 0.458. The number of benzene rings is 2. The minimum Gasteiger partial charge on any atom is -0.497 e. The van der Waals surface area contributed by atoms with Crippen LogP contribution < -0.4 is 14.2 Å². The lowest BCUT2D eigenvalue weighted by molar-refractivity contribution is -0.132. The molecule has 1 aliphatic carbocycles. The summed E-state index contributed by atoms with van der Waals surface area (Å²) in [6.45, 7) is 1.41. The van der Waals surface area contributed by atoms with Gasteiger partial charge in [-0.25, -0.2) is 0 Å². The number of amides is 1. The van der Waals surface area contributed by atoms with Gasteiger partial charge in [-0.3, -0.25) is 4.79 Å². The van der Waals surface area contributed by atoms with Crippen LogP contribution in [-0.4, -0.2) is 24.7 Å². The quantitative estimate of drug-likeness (QED) is 0.636. The molecule has 0 aromatic heterocycles. The zero-order valence-electron chi connectivity index (χ0n) is 17.1. The van der Waals surface area contributed by atoms with Crippen molar-refractivity contribution in [2.45, 2.75) is 51.6 Å². The van der Waals surface area contributed by atoms with E-state index in [-0.39, 0.29) is 12.7 Å². The number of rotatable bonds is 8. The van der Waals surface area contributed by atoms with E-state index in [9.17, 15) is 4.79 Å². The molecule has 0 saturated heterocycles. The third kappa shape index (κ3) is 5.03. The molecule has 1 aliphatic heterocycles. The Bertz CT molecular complexity index is 827. The number of carbonyl (C=O) groups is 1. The Hall–Kier alpha value is -2.69. The molecule has 29 heavy (non-hydrogen) atoms. The number of ether oxygens (including phenoxy) is 3. The maximum absolute atomic E-state index is 13.1. The van der Waals surface area contributed by atoms with E-state index in [4.69, 9.17) is 14.2 Å². The molecule has 1 amide bonds. The van der Waals surface area contributed by atoms with Gasteiger partial charge in [-0.2, -0.15) is 0 Å². The first-order valence-corrected chi connectivity index (χ1v) is 10.5. The molecule has 1 saturated carbocycles. The summed E-state index contributed by atoms with van der Waals surface area (Å²) in [6.07, 6.45) is 6.78. The molecule has 0 N–H and O–H groups in total. The van der Waals surface area contributed by atoms with Crippen LogP contribution in [0.1, 0.15) is 49.7 Å². The van der Waals surface area contributed by atoms with Gasteiger partial charge in [0, 0.05) is 19.5 Å². The standard InChI is InChI=1S/C24H29NO4/c1-27-21-10-6-19(7-11-21)15-25(24(26)13-9-18-4-2-3-5-18)16-20-8-12-22-23(14-20)29-17-28-22/h6-8,10-12,14,18H,2-5,9,13,15-17H2,1H3. The van der Waals surface area contributed by atoms with E-state index in [0.717, 1.165) is 34.8 Å². The van der Waals surface area contributed by atoms with Gasteiger partial charge in [-0.15, -0.1) is 0 Å². The summed E-state index contributed by atoms with van der Waals surface area (Å²) in [5.41, 5.74) is 2.15. The van der Waals surface area contributed by atoms with Gasteiger partial charge in [-0.05, 0) is 47.7 Å². The van der Waals surface area contributed by atoms with Gasteiger partial charge in [0.25, 0.3) is 0 Å².